The van der Waals surface area contributed by atoms with Crippen molar-refractivity contribution in [3.05, 3.63) is 213 Å². The summed E-state index contributed by atoms with van der Waals surface area (Å²) in [7, 11) is 1.37. The molecule has 0 bridgehead atoms. The largest absolute Gasteiger partial charge is 0.465 e. The molecule has 0 spiro atoms. The van der Waals surface area contributed by atoms with Gasteiger partial charge in [-0.1, -0.05) is 170 Å². The molecule has 1 aliphatic heterocycles. The molecule has 0 saturated carbocycles. The zero-order chi connectivity index (χ0) is 40.8. The van der Waals surface area contributed by atoms with Crippen molar-refractivity contribution in [2.45, 2.75) is 76.7 Å². The van der Waals surface area contributed by atoms with Crippen LogP contribution in [0.3, 0.4) is 0 Å². The molecule has 8 heteroatoms. The van der Waals surface area contributed by atoms with Gasteiger partial charge in [0, 0.05) is 5.02 Å². The van der Waals surface area contributed by atoms with E-state index in [4.69, 9.17) is 40.0 Å². The lowest BCUT2D eigenvalue weighted by atomic mass is 9.87. The van der Waals surface area contributed by atoms with Gasteiger partial charge in [-0.3, -0.25) is 0 Å². The van der Waals surface area contributed by atoms with Crippen molar-refractivity contribution in [2.24, 2.45) is 0 Å². The first-order valence-electron chi connectivity index (χ1n) is 20.2. The second-order valence-corrected chi connectivity index (χ2v) is 15.2. The summed E-state index contributed by atoms with van der Waals surface area (Å²) in [5.74, 6) is -0.535. The van der Waals surface area contributed by atoms with Crippen LogP contribution < -0.4 is 0 Å². The molecule has 7 rings (SSSR count). The minimum absolute atomic E-state index is 0.180. The first-order chi connectivity index (χ1) is 29.0. The Bertz CT molecular complexity index is 2180. The second-order valence-electron chi connectivity index (χ2n) is 14.7. The van der Waals surface area contributed by atoms with E-state index in [-0.39, 0.29) is 25.4 Å². The number of hydrogen-bond donors (Lipinski definition) is 0. The van der Waals surface area contributed by atoms with Crippen LogP contribution in [0.2, 0.25) is 5.02 Å². The van der Waals surface area contributed by atoms with E-state index in [1.165, 1.54) is 12.7 Å². The van der Waals surface area contributed by atoms with Crippen LogP contribution in [0.15, 0.2) is 158 Å². The molecule has 6 aromatic rings. The molecular weight excluding hydrogens is 760 g/mol. The number of aryl methyl sites for hydroxylation is 1. The van der Waals surface area contributed by atoms with E-state index in [9.17, 15) is 4.79 Å². The van der Waals surface area contributed by atoms with E-state index in [1.807, 2.05) is 127 Å². The summed E-state index contributed by atoms with van der Waals surface area (Å²) in [6.45, 7) is 3.54. The van der Waals surface area contributed by atoms with Gasteiger partial charge in [0.25, 0.3) is 0 Å². The fourth-order valence-corrected chi connectivity index (χ4v) is 7.68. The Balaban J connectivity index is 1.33. The minimum atomic E-state index is -0.825. The van der Waals surface area contributed by atoms with Crippen molar-refractivity contribution < 1.29 is 33.2 Å². The number of benzene rings is 6. The van der Waals surface area contributed by atoms with Gasteiger partial charge in [-0.25, -0.2) is 4.79 Å². The molecule has 0 aromatic heterocycles. The van der Waals surface area contributed by atoms with Crippen LogP contribution in [-0.2, 0) is 67.7 Å². The number of rotatable bonds is 18. The maximum Gasteiger partial charge on any atom is 0.338 e. The Labute approximate surface area is 352 Å². The average molecular weight is 811 g/mol. The van der Waals surface area contributed by atoms with Gasteiger partial charge >= 0.3 is 5.97 Å². The first kappa shape index (κ1) is 42.0. The smallest absolute Gasteiger partial charge is 0.338 e. The Kier molecular flexibility index (Phi) is 15.1. The van der Waals surface area contributed by atoms with E-state index >= 15 is 0 Å². The molecular formula is C51H51ClO7. The molecule has 1 heterocycles. The van der Waals surface area contributed by atoms with Gasteiger partial charge in [0.05, 0.1) is 45.7 Å². The zero-order valence-electron chi connectivity index (χ0n) is 33.6. The summed E-state index contributed by atoms with van der Waals surface area (Å²) in [5, 5.41) is 0.454. The van der Waals surface area contributed by atoms with Crippen LogP contribution in [0.5, 0.6) is 0 Å². The maximum absolute atomic E-state index is 13.7. The highest BCUT2D eigenvalue weighted by Gasteiger charge is 2.50. The van der Waals surface area contributed by atoms with Crippen LogP contribution in [-0.4, -0.2) is 44.1 Å². The van der Waals surface area contributed by atoms with Gasteiger partial charge in [-0.05, 0) is 63.4 Å². The van der Waals surface area contributed by atoms with Crippen LogP contribution in [0, 0.1) is 0 Å². The van der Waals surface area contributed by atoms with E-state index in [2.05, 4.69) is 31.2 Å². The van der Waals surface area contributed by atoms with E-state index in [0.717, 1.165) is 39.8 Å². The Morgan fingerprint density at radius 2 is 1.05 bits per heavy atom. The summed E-state index contributed by atoms with van der Waals surface area (Å²) < 4.78 is 39.8. The molecule has 5 unspecified atom stereocenters. The zero-order valence-corrected chi connectivity index (χ0v) is 34.3. The standard InChI is InChI=1S/C51H51ClO7/c1-3-36-24-26-37(27-25-36)28-42-29-43(44(30-45(42)52)51(53)54-2)47-49(57-33-40-20-12-6-13-21-40)50(58-34-41-22-14-7-15-23-41)48(56-32-39-18-10-5-11-19-39)46(59-47)35-55-31-38-16-8-4-9-17-38/h4-27,29-30,46-50H,3,28,31-35H2,1-2H3. The predicted molar refractivity (Wildman–Crippen MR) is 230 cm³/mol. The van der Waals surface area contributed by atoms with E-state index in [1.54, 1.807) is 6.07 Å². The van der Waals surface area contributed by atoms with Gasteiger partial charge in [0.15, 0.2) is 0 Å². The Morgan fingerprint density at radius 1 is 0.576 bits per heavy atom. The fraction of sp³-hybridized carbons (Fsp3) is 0.275. The predicted octanol–water partition coefficient (Wildman–Crippen LogP) is 10.7. The van der Waals surface area contributed by atoms with Gasteiger partial charge in [-0.15, -0.1) is 0 Å². The summed E-state index contributed by atoms with van der Waals surface area (Å²) in [4.78, 5) is 13.7. The highest BCUT2D eigenvalue weighted by Crippen LogP contribution is 2.41. The van der Waals surface area contributed by atoms with Crippen molar-refractivity contribution >= 4 is 17.6 Å². The second kappa shape index (κ2) is 21.2. The monoisotopic (exact) mass is 810 g/mol. The summed E-state index contributed by atoms with van der Waals surface area (Å²) in [6, 6.07) is 52.2. The number of halogens is 1. The number of ether oxygens (including phenoxy) is 6. The molecule has 1 aliphatic rings. The fourth-order valence-electron chi connectivity index (χ4n) is 7.45. The Hall–Kier alpha value is -5.12. The Morgan fingerprint density at radius 3 is 1.56 bits per heavy atom. The number of esters is 1. The maximum atomic E-state index is 13.7. The highest BCUT2D eigenvalue weighted by atomic mass is 35.5. The third kappa shape index (κ3) is 11.3. The van der Waals surface area contributed by atoms with Gasteiger partial charge < -0.3 is 28.4 Å². The molecule has 59 heavy (non-hydrogen) atoms. The number of carbonyl (C=O) groups excluding carboxylic acids is 1. The lowest BCUT2D eigenvalue weighted by Crippen LogP contribution is -2.58. The highest BCUT2D eigenvalue weighted by molar-refractivity contribution is 6.31. The van der Waals surface area contributed by atoms with E-state index in [0.29, 0.717) is 30.2 Å². The van der Waals surface area contributed by atoms with Crippen molar-refractivity contribution in [2.75, 3.05) is 13.7 Å². The van der Waals surface area contributed by atoms with Gasteiger partial charge in [-0.2, -0.15) is 0 Å². The molecule has 0 N–H and O–H groups in total. The molecule has 7 nitrogen and oxygen atoms in total. The quantitative estimate of drug-likeness (QED) is 0.0801. The summed E-state index contributed by atoms with van der Waals surface area (Å²) in [5.41, 5.74) is 8.06. The van der Waals surface area contributed by atoms with Crippen LogP contribution >= 0.6 is 11.6 Å². The topological polar surface area (TPSA) is 72.5 Å². The van der Waals surface area contributed by atoms with Crippen LogP contribution in [0.1, 0.15) is 67.9 Å². The van der Waals surface area contributed by atoms with Crippen LogP contribution in [0.25, 0.3) is 0 Å². The van der Waals surface area contributed by atoms with Crippen molar-refractivity contribution in [3.63, 3.8) is 0 Å². The SMILES string of the molecule is CCc1ccc(Cc2cc(C3OC(COCc4ccccc4)C(OCc4ccccc4)C(OCc4ccccc4)C3OCc3ccccc3)c(C(=O)OC)cc2Cl)cc1. The van der Waals surface area contributed by atoms with Crippen molar-refractivity contribution in [3.8, 4) is 0 Å². The molecule has 6 aromatic carbocycles. The van der Waals surface area contributed by atoms with E-state index < -0.39 is 36.5 Å². The van der Waals surface area contributed by atoms with Gasteiger partial charge in [0.2, 0.25) is 0 Å². The minimum Gasteiger partial charge on any atom is -0.465 e. The molecule has 304 valence electrons. The number of methoxy groups -OCH3 is 1. The third-order valence-corrected chi connectivity index (χ3v) is 11.0. The summed E-state index contributed by atoms with van der Waals surface area (Å²) >= 11 is 7.01. The van der Waals surface area contributed by atoms with Crippen LogP contribution in [0.4, 0.5) is 0 Å². The molecule has 0 amide bonds. The average Bonchev–Trinajstić information content (AvgIpc) is 3.29. The van der Waals surface area contributed by atoms with Crippen molar-refractivity contribution in [1.82, 2.24) is 0 Å². The number of hydrogen-bond acceptors (Lipinski definition) is 7. The first-order valence-corrected chi connectivity index (χ1v) is 20.6. The molecule has 1 saturated heterocycles. The van der Waals surface area contributed by atoms with Crippen molar-refractivity contribution in [1.29, 1.82) is 0 Å². The normalized spacial score (nSPS) is 19.0. The summed E-state index contributed by atoms with van der Waals surface area (Å²) in [6.07, 6.45) is -2.06. The molecule has 1 fully saturated rings. The molecule has 0 radical (unpaired) electrons. The lowest BCUT2D eigenvalue weighted by molar-refractivity contribution is -0.275. The van der Waals surface area contributed by atoms with Gasteiger partial charge in [0.1, 0.15) is 30.5 Å². The number of carbonyl (C=O) groups is 1. The molecule has 5 atom stereocenters. The lowest BCUT2D eigenvalue weighted by Gasteiger charge is -2.46. The third-order valence-electron chi connectivity index (χ3n) is 10.6. The molecule has 0 aliphatic carbocycles.